The summed E-state index contributed by atoms with van der Waals surface area (Å²) in [5, 5.41) is 0. The molecule has 0 bridgehead atoms. The van der Waals surface area contributed by atoms with E-state index in [0.717, 1.165) is 13.2 Å². The van der Waals surface area contributed by atoms with Crippen LogP contribution in [-0.4, -0.2) is 36.3 Å². The molecule has 0 spiro atoms. The van der Waals surface area contributed by atoms with Crippen molar-refractivity contribution in [2.75, 3.05) is 13.2 Å². The second-order valence-electron chi connectivity index (χ2n) is 1.32. The van der Waals surface area contributed by atoms with Crippen LogP contribution in [0, 0.1) is 0 Å². The predicted molar refractivity (Wildman–Crippen MR) is 25.8 cm³/mol. The Kier molecular flexibility index (Phi) is 66.4. The normalized spacial score (nSPS) is 12.0. The third kappa shape index (κ3) is 16.6. The van der Waals surface area contributed by atoms with Crippen molar-refractivity contribution in [3.05, 3.63) is 0 Å². The van der Waals surface area contributed by atoms with E-state index in [1.807, 2.05) is 0 Å². The summed E-state index contributed by atoms with van der Waals surface area (Å²) in [5.41, 5.74) is 0. The molecule has 0 aromatic rings. The van der Waals surface area contributed by atoms with Gasteiger partial charge in [0.15, 0.2) is 0 Å². The number of hydrogen-bond donors (Lipinski definition) is 0. The zero-order valence-electron chi connectivity index (χ0n) is 6.08. The molecular formula is C4H8Cl3LiMgO. The molecule has 1 aliphatic heterocycles. The minimum absolute atomic E-state index is 0. The van der Waals surface area contributed by atoms with Crippen molar-refractivity contribution in [3.63, 3.8) is 0 Å². The van der Waals surface area contributed by atoms with Gasteiger partial charge < -0.3 is 42.0 Å². The van der Waals surface area contributed by atoms with Gasteiger partial charge in [0.1, 0.15) is 0 Å². The number of ether oxygens (including phenoxy) is 1. The van der Waals surface area contributed by atoms with Crippen LogP contribution < -0.4 is 56.1 Å². The van der Waals surface area contributed by atoms with Crippen LogP contribution in [0.3, 0.4) is 0 Å². The third-order valence-corrected chi connectivity index (χ3v) is 0.827. The summed E-state index contributed by atoms with van der Waals surface area (Å²) in [4.78, 5) is 0. The fourth-order valence-corrected chi connectivity index (χ4v) is 0.510. The topological polar surface area (TPSA) is 9.23 Å². The van der Waals surface area contributed by atoms with Crippen molar-refractivity contribution in [3.8, 4) is 0 Å². The maximum absolute atomic E-state index is 4.94. The molecule has 0 aromatic heterocycles. The van der Waals surface area contributed by atoms with E-state index in [-0.39, 0.29) is 79.1 Å². The van der Waals surface area contributed by atoms with Crippen molar-refractivity contribution in [1.29, 1.82) is 0 Å². The molecule has 0 unspecified atom stereocenters. The Balaban J connectivity index is -0.0000000167. The molecule has 1 aliphatic rings. The molecule has 1 heterocycles. The van der Waals surface area contributed by atoms with E-state index in [0.29, 0.717) is 0 Å². The van der Waals surface area contributed by atoms with E-state index >= 15 is 0 Å². The average Bonchev–Trinajstić information content (AvgIpc) is 1.76. The first-order valence-electron chi connectivity index (χ1n) is 2.08. The summed E-state index contributed by atoms with van der Waals surface area (Å²) in [6.45, 7) is 2.00. The second kappa shape index (κ2) is 22.5. The molecule has 54 valence electrons. The van der Waals surface area contributed by atoms with Gasteiger partial charge in [0.2, 0.25) is 0 Å². The molecule has 0 radical (unpaired) electrons. The van der Waals surface area contributed by atoms with E-state index in [1.165, 1.54) is 12.8 Å². The van der Waals surface area contributed by atoms with Crippen LogP contribution in [0.25, 0.3) is 0 Å². The van der Waals surface area contributed by atoms with Crippen molar-refractivity contribution in [1.82, 2.24) is 0 Å². The van der Waals surface area contributed by atoms with Gasteiger partial charge in [-0.15, -0.1) is 0 Å². The maximum atomic E-state index is 4.94. The molecule has 10 heavy (non-hydrogen) atoms. The zero-order valence-corrected chi connectivity index (χ0v) is 9.76. The van der Waals surface area contributed by atoms with Gasteiger partial charge in [-0.1, -0.05) is 0 Å². The molecule has 6 heteroatoms. The monoisotopic (exact) mass is 208 g/mol. The minimum Gasteiger partial charge on any atom is -1.00 e. The predicted octanol–water partition coefficient (Wildman–Crippen LogP) is -11.6. The van der Waals surface area contributed by atoms with Gasteiger partial charge in [-0.05, 0) is 12.8 Å². The summed E-state index contributed by atoms with van der Waals surface area (Å²) in [6, 6.07) is 0. The summed E-state index contributed by atoms with van der Waals surface area (Å²) in [5.74, 6) is 0. The first-order valence-corrected chi connectivity index (χ1v) is 2.08. The van der Waals surface area contributed by atoms with Crippen LogP contribution in [0.5, 0.6) is 0 Å². The smallest absolute Gasteiger partial charge is 1.00 e. The van der Waals surface area contributed by atoms with E-state index in [9.17, 15) is 0 Å². The quantitative estimate of drug-likeness (QED) is 0.360. The van der Waals surface area contributed by atoms with Crippen molar-refractivity contribution in [2.45, 2.75) is 12.8 Å². The minimum atomic E-state index is 0. The van der Waals surface area contributed by atoms with Crippen LogP contribution in [0.15, 0.2) is 0 Å². The maximum Gasteiger partial charge on any atom is 2.00 e. The van der Waals surface area contributed by atoms with Gasteiger partial charge in [0, 0.05) is 13.2 Å². The number of hydrogen-bond acceptors (Lipinski definition) is 1. The molecular weight excluding hydrogens is 202 g/mol. The summed E-state index contributed by atoms with van der Waals surface area (Å²) in [6.07, 6.45) is 2.56. The molecule has 1 saturated heterocycles. The van der Waals surface area contributed by atoms with Gasteiger partial charge in [-0.2, -0.15) is 0 Å². The van der Waals surface area contributed by atoms with Crippen molar-refractivity contribution < 1.29 is 60.8 Å². The number of rotatable bonds is 0. The van der Waals surface area contributed by atoms with Crippen LogP contribution >= 0.6 is 0 Å². The largest absolute Gasteiger partial charge is 2.00 e. The molecule has 1 rings (SSSR count). The molecule has 0 aliphatic carbocycles. The Morgan fingerprint density at radius 2 is 1.10 bits per heavy atom. The number of halogens is 3. The van der Waals surface area contributed by atoms with Gasteiger partial charge in [-0.25, -0.2) is 0 Å². The van der Waals surface area contributed by atoms with Crippen LogP contribution in [-0.2, 0) is 4.74 Å². The molecule has 0 N–H and O–H groups in total. The van der Waals surface area contributed by atoms with Gasteiger partial charge in [0.25, 0.3) is 0 Å². The molecule has 0 aromatic carbocycles. The van der Waals surface area contributed by atoms with E-state index in [2.05, 4.69) is 0 Å². The Hall–Kier alpha value is 2.19. The van der Waals surface area contributed by atoms with E-state index in [1.54, 1.807) is 0 Å². The van der Waals surface area contributed by atoms with Crippen molar-refractivity contribution in [2.24, 2.45) is 0 Å². The Labute approximate surface area is 109 Å². The summed E-state index contributed by atoms with van der Waals surface area (Å²) >= 11 is 0. The molecule has 0 amide bonds. The molecule has 0 saturated carbocycles. The zero-order chi connectivity index (χ0) is 3.54. The van der Waals surface area contributed by atoms with Crippen LogP contribution in [0.2, 0.25) is 0 Å². The molecule has 1 nitrogen and oxygen atoms in total. The first kappa shape index (κ1) is 29.5. The standard InChI is InChI=1S/C4H8O.3ClH.Li.Mg/c1-2-4-5-3-1;;;;;/h1-4H2;3*1H;;/q;;;;+1;+2/p-3. The SMILES string of the molecule is C1CCOC1.[Cl-].[Cl-].[Cl-].[Li+].[Mg+2]. The first-order chi connectivity index (χ1) is 2.50. The van der Waals surface area contributed by atoms with Crippen molar-refractivity contribution >= 4 is 23.1 Å². The van der Waals surface area contributed by atoms with E-state index < -0.39 is 0 Å². The summed E-state index contributed by atoms with van der Waals surface area (Å²) < 4.78 is 4.94. The molecule has 0 atom stereocenters. The summed E-state index contributed by atoms with van der Waals surface area (Å²) in [7, 11) is 0. The Morgan fingerprint density at radius 3 is 1.20 bits per heavy atom. The fourth-order valence-electron chi connectivity index (χ4n) is 0.510. The second-order valence-corrected chi connectivity index (χ2v) is 1.32. The average molecular weight is 210 g/mol. The van der Waals surface area contributed by atoms with Gasteiger partial charge >= 0.3 is 41.9 Å². The van der Waals surface area contributed by atoms with Gasteiger partial charge in [-0.3, -0.25) is 0 Å². The Bertz CT molecular complexity index is 32.1. The third-order valence-electron chi connectivity index (χ3n) is 0.827. The van der Waals surface area contributed by atoms with Gasteiger partial charge in [0.05, 0.1) is 0 Å². The Morgan fingerprint density at radius 1 is 0.800 bits per heavy atom. The van der Waals surface area contributed by atoms with Crippen LogP contribution in [0.4, 0.5) is 0 Å². The molecule has 1 fully saturated rings. The fraction of sp³-hybridized carbons (Fsp3) is 1.00. The van der Waals surface area contributed by atoms with E-state index in [4.69, 9.17) is 4.74 Å². The van der Waals surface area contributed by atoms with Crippen LogP contribution in [0.1, 0.15) is 12.8 Å².